The van der Waals surface area contributed by atoms with Gasteiger partial charge in [0.15, 0.2) is 5.75 Å². The van der Waals surface area contributed by atoms with Crippen molar-refractivity contribution in [2.45, 2.75) is 0 Å². The molecule has 0 unspecified atom stereocenters. The standard InChI is InChI=1S/C17H15ClFN5O5S/c1-30(27,28)22-4-5-29-16-8-14-11(7-15(16)24(25)26)17(21-9-20-14)23-10-2-3-13(19)12(18)6-10/h2-3,6-9,22H,4-5H2,1H3,(H,20,21,23). The van der Waals surface area contributed by atoms with Crippen LogP contribution in [0.15, 0.2) is 36.7 Å². The van der Waals surface area contributed by atoms with E-state index in [9.17, 15) is 22.9 Å². The van der Waals surface area contributed by atoms with E-state index in [1.165, 1.54) is 36.7 Å². The van der Waals surface area contributed by atoms with Crippen LogP contribution in [0.2, 0.25) is 5.02 Å². The van der Waals surface area contributed by atoms with Crippen molar-refractivity contribution in [3.05, 3.63) is 57.6 Å². The summed E-state index contributed by atoms with van der Waals surface area (Å²) in [5, 5.41) is 14.7. The summed E-state index contributed by atoms with van der Waals surface area (Å²) in [6, 6.07) is 6.56. The molecule has 0 aliphatic heterocycles. The molecule has 0 aliphatic rings. The molecule has 2 aromatic carbocycles. The molecule has 3 rings (SSSR count). The molecular weight excluding hydrogens is 441 g/mol. The minimum Gasteiger partial charge on any atom is -0.485 e. The number of benzene rings is 2. The normalized spacial score (nSPS) is 11.4. The number of fused-ring (bicyclic) bond motifs is 1. The minimum absolute atomic E-state index is 0.0596. The number of anilines is 2. The predicted octanol–water partition coefficient (Wildman–Crippen LogP) is 3.00. The molecule has 1 aromatic heterocycles. The molecule has 158 valence electrons. The molecule has 0 amide bonds. The first-order chi connectivity index (χ1) is 14.1. The molecule has 0 radical (unpaired) electrons. The molecule has 0 atom stereocenters. The van der Waals surface area contributed by atoms with Gasteiger partial charge in [0.05, 0.1) is 27.1 Å². The molecule has 2 N–H and O–H groups in total. The number of hydrogen-bond acceptors (Lipinski definition) is 8. The van der Waals surface area contributed by atoms with Gasteiger partial charge < -0.3 is 10.1 Å². The van der Waals surface area contributed by atoms with E-state index in [4.69, 9.17) is 16.3 Å². The highest BCUT2D eigenvalue weighted by Gasteiger charge is 2.19. The van der Waals surface area contributed by atoms with E-state index in [2.05, 4.69) is 20.0 Å². The van der Waals surface area contributed by atoms with Crippen molar-refractivity contribution in [1.82, 2.24) is 14.7 Å². The lowest BCUT2D eigenvalue weighted by Gasteiger charge is -2.11. The predicted molar refractivity (Wildman–Crippen MR) is 109 cm³/mol. The van der Waals surface area contributed by atoms with Crippen molar-refractivity contribution in [2.75, 3.05) is 24.7 Å². The van der Waals surface area contributed by atoms with E-state index in [-0.39, 0.29) is 35.4 Å². The van der Waals surface area contributed by atoms with Crippen LogP contribution in [0.1, 0.15) is 0 Å². The van der Waals surface area contributed by atoms with Gasteiger partial charge in [-0.25, -0.2) is 27.5 Å². The SMILES string of the molecule is CS(=O)(=O)NCCOc1cc2ncnc(Nc3ccc(F)c(Cl)c3)c2cc1[N+](=O)[O-]. The summed E-state index contributed by atoms with van der Waals surface area (Å²) in [5.74, 6) is -0.411. The van der Waals surface area contributed by atoms with Gasteiger partial charge in [0, 0.05) is 24.4 Å². The maximum absolute atomic E-state index is 13.4. The van der Waals surface area contributed by atoms with Gasteiger partial charge in [0.25, 0.3) is 0 Å². The third-order valence-electron chi connectivity index (χ3n) is 3.82. The molecule has 0 spiro atoms. The van der Waals surface area contributed by atoms with E-state index in [1.807, 2.05) is 0 Å². The quantitative estimate of drug-likeness (QED) is 0.300. The zero-order valence-corrected chi connectivity index (χ0v) is 17.0. The Hall–Kier alpha value is -3.09. The fourth-order valence-electron chi connectivity index (χ4n) is 2.53. The van der Waals surface area contributed by atoms with E-state index < -0.39 is 20.8 Å². The zero-order valence-electron chi connectivity index (χ0n) is 15.4. The molecule has 1 heterocycles. The first-order valence-corrected chi connectivity index (χ1v) is 10.6. The van der Waals surface area contributed by atoms with E-state index in [0.29, 0.717) is 16.6 Å². The Kier molecular flexibility index (Phi) is 6.29. The van der Waals surface area contributed by atoms with Crippen molar-refractivity contribution >= 4 is 49.7 Å². The van der Waals surface area contributed by atoms with Gasteiger partial charge in [-0.05, 0) is 18.2 Å². The Bertz CT molecular complexity index is 1220. The number of hydrogen-bond donors (Lipinski definition) is 2. The molecule has 0 saturated carbocycles. The van der Waals surface area contributed by atoms with Crippen LogP contribution in [-0.2, 0) is 10.0 Å². The first-order valence-electron chi connectivity index (χ1n) is 8.37. The molecule has 3 aromatic rings. The van der Waals surface area contributed by atoms with Crippen LogP contribution in [0.5, 0.6) is 5.75 Å². The molecule has 0 fully saturated rings. The van der Waals surface area contributed by atoms with Gasteiger partial charge in [0.2, 0.25) is 10.0 Å². The van der Waals surface area contributed by atoms with E-state index >= 15 is 0 Å². The topological polar surface area (TPSA) is 136 Å². The van der Waals surface area contributed by atoms with Gasteiger partial charge in [-0.15, -0.1) is 0 Å². The highest BCUT2D eigenvalue weighted by Crippen LogP contribution is 2.34. The van der Waals surface area contributed by atoms with Gasteiger partial charge >= 0.3 is 5.69 Å². The summed E-state index contributed by atoms with van der Waals surface area (Å²) >= 11 is 5.78. The molecule has 0 saturated heterocycles. The Balaban J connectivity index is 1.93. The number of nitrogens with one attached hydrogen (secondary N) is 2. The summed E-state index contributed by atoms with van der Waals surface area (Å²) in [7, 11) is -3.41. The lowest BCUT2D eigenvalue weighted by Crippen LogP contribution is -2.27. The van der Waals surface area contributed by atoms with Crippen molar-refractivity contribution in [2.24, 2.45) is 0 Å². The number of ether oxygens (including phenoxy) is 1. The fourth-order valence-corrected chi connectivity index (χ4v) is 3.16. The van der Waals surface area contributed by atoms with Crippen LogP contribution in [0.4, 0.5) is 21.6 Å². The summed E-state index contributed by atoms with van der Waals surface area (Å²) in [4.78, 5) is 19.0. The van der Waals surface area contributed by atoms with Crippen LogP contribution in [-0.4, -0.2) is 42.7 Å². The Morgan fingerprint density at radius 3 is 2.70 bits per heavy atom. The molecule has 30 heavy (non-hydrogen) atoms. The molecule has 0 bridgehead atoms. The lowest BCUT2D eigenvalue weighted by molar-refractivity contribution is -0.385. The summed E-state index contributed by atoms with van der Waals surface area (Å²) < 4.78 is 43.1. The average Bonchev–Trinajstić information content (AvgIpc) is 2.67. The number of nitrogens with zero attached hydrogens (tertiary/aromatic N) is 3. The second kappa shape index (κ2) is 8.73. The minimum atomic E-state index is -3.41. The van der Waals surface area contributed by atoms with Gasteiger partial charge in [0.1, 0.15) is 24.6 Å². The van der Waals surface area contributed by atoms with Crippen molar-refractivity contribution in [3.63, 3.8) is 0 Å². The summed E-state index contributed by atoms with van der Waals surface area (Å²) in [6.45, 7) is -0.181. The number of nitro groups is 1. The second-order valence-corrected chi connectivity index (χ2v) is 8.33. The molecule has 0 aliphatic carbocycles. The highest BCUT2D eigenvalue weighted by molar-refractivity contribution is 7.88. The summed E-state index contributed by atoms with van der Waals surface area (Å²) in [6.07, 6.45) is 2.24. The number of rotatable bonds is 8. The van der Waals surface area contributed by atoms with Crippen LogP contribution in [0.3, 0.4) is 0 Å². The second-order valence-electron chi connectivity index (χ2n) is 6.09. The van der Waals surface area contributed by atoms with Crippen LogP contribution >= 0.6 is 11.6 Å². The van der Waals surface area contributed by atoms with Crippen LogP contribution in [0, 0.1) is 15.9 Å². The Labute approximate surface area is 175 Å². The van der Waals surface area contributed by atoms with Crippen molar-refractivity contribution < 1.29 is 22.5 Å². The maximum Gasteiger partial charge on any atom is 0.311 e. The Morgan fingerprint density at radius 1 is 1.27 bits per heavy atom. The first kappa shape index (κ1) is 21.6. The van der Waals surface area contributed by atoms with E-state index in [1.54, 1.807) is 0 Å². The van der Waals surface area contributed by atoms with E-state index in [0.717, 1.165) is 6.26 Å². The number of nitro benzene ring substituents is 1. The molecular formula is C17H15ClFN5O5S. The lowest BCUT2D eigenvalue weighted by atomic mass is 10.2. The maximum atomic E-state index is 13.4. The van der Waals surface area contributed by atoms with Crippen molar-refractivity contribution in [3.8, 4) is 5.75 Å². The number of halogens is 2. The molecule has 10 nitrogen and oxygen atoms in total. The van der Waals surface area contributed by atoms with Crippen molar-refractivity contribution in [1.29, 1.82) is 0 Å². The third kappa shape index (κ3) is 5.28. The van der Waals surface area contributed by atoms with Gasteiger partial charge in [-0.2, -0.15) is 0 Å². The number of sulfonamides is 1. The van der Waals surface area contributed by atoms with Gasteiger partial charge in [-0.1, -0.05) is 11.6 Å². The fraction of sp³-hybridized carbons (Fsp3) is 0.176. The zero-order chi connectivity index (χ0) is 21.9. The summed E-state index contributed by atoms with van der Waals surface area (Å²) in [5.41, 5.74) is 0.422. The average molecular weight is 456 g/mol. The van der Waals surface area contributed by atoms with Crippen LogP contribution < -0.4 is 14.8 Å². The number of aromatic nitrogens is 2. The third-order valence-corrected chi connectivity index (χ3v) is 4.84. The van der Waals surface area contributed by atoms with Gasteiger partial charge in [-0.3, -0.25) is 10.1 Å². The Morgan fingerprint density at radius 2 is 2.03 bits per heavy atom. The molecule has 13 heteroatoms. The highest BCUT2D eigenvalue weighted by atomic mass is 35.5. The smallest absolute Gasteiger partial charge is 0.311 e. The monoisotopic (exact) mass is 455 g/mol. The largest absolute Gasteiger partial charge is 0.485 e. The van der Waals surface area contributed by atoms with Crippen LogP contribution in [0.25, 0.3) is 10.9 Å².